The molecule has 5 nitrogen and oxygen atoms in total. The summed E-state index contributed by atoms with van der Waals surface area (Å²) in [5, 5.41) is 7.53. The molecule has 15 heavy (non-hydrogen) atoms. The van der Waals surface area contributed by atoms with Gasteiger partial charge in [-0.25, -0.2) is 0 Å². The van der Waals surface area contributed by atoms with E-state index in [0.29, 0.717) is 11.6 Å². The summed E-state index contributed by atoms with van der Waals surface area (Å²) in [5.41, 5.74) is 5.68. The molecule has 0 bridgehead atoms. The summed E-state index contributed by atoms with van der Waals surface area (Å²) in [6, 6.07) is 0.396. The highest BCUT2D eigenvalue weighted by atomic mass is 16.1. The molecule has 0 aliphatic carbocycles. The van der Waals surface area contributed by atoms with E-state index in [1.54, 1.807) is 12.4 Å². The standard InChI is InChI=1S/C10H16N4O/c11-10(15)8-6-13-14(7-8)9-2-1-4-12-5-3-9/h6-7,9,12H,1-5H2,(H2,11,15). The first-order chi connectivity index (χ1) is 7.27. The fourth-order valence-corrected chi connectivity index (χ4v) is 1.93. The highest BCUT2D eigenvalue weighted by Crippen LogP contribution is 2.19. The van der Waals surface area contributed by atoms with E-state index < -0.39 is 5.91 Å². The molecule has 1 aromatic heterocycles. The van der Waals surface area contributed by atoms with Crippen LogP contribution in [0.3, 0.4) is 0 Å². The molecular weight excluding hydrogens is 192 g/mol. The van der Waals surface area contributed by atoms with Crippen LogP contribution in [0.5, 0.6) is 0 Å². The van der Waals surface area contributed by atoms with Crippen molar-refractivity contribution < 1.29 is 4.79 Å². The molecule has 1 fully saturated rings. The van der Waals surface area contributed by atoms with Crippen molar-refractivity contribution >= 4 is 5.91 Å². The Balaban J connectivity index is 2.10. The Morgan fingerprint density at radius 2 is 2.40 bits per heavy atom. The van der Waals surface area contributed by atoms with E-state index in [1.807, 2.05) is 4.68 Å². The van der Waals surface area contributed by atoms with Gasteiger partial charge in [-0.1, -0.05) is 0 Å². The molecule has 0 radical (unpaired) electrons. The third-order valence-corrected chi connectivity index (χ3v) is 2.81. The van der Waals surface area contributed by atoms with Gasteiger partial charge in [-0.15, -0.1) is 0 Å². The molecular formula is C10H16N4O. The zero-order chi connectivity index (χ0) is 10.7. The van der Waals surface area contributed by atoms with Crippen molar-refractivity contribution in [2.24, 2.45) is 5.73 Å². The van der Waals surface area contributed by atoms with E-state index >= 15 is 0 Å². The van der Waals surface area contributed by atoms with E-state index in [-0.39, 0.29) is 0 Å². The van der Waals surface area contributed by atoms with Gasteiger partial charge >= 0.3 is 0 Å². The maximum Gasteiger partial charge on any atom is 0.251 e. The van der Waals surface area contributed by atoms with Gasteiger partial charge in [-0.2, -0.15) is 5.10 Å². The van der Waals surface area contributed by atoms with Crippen LogP contribution in [0.2, 0.25) is 0 Å². The van der Waals surface area contributed by atoms with E-state index in [1.165, 1.54) is 0 Å². The molecule has 0 saturated carbocycles. The summed E-state index contributed by atoms with van der Waals surface area (Å²) in [4.78, 5) is 10.9. The Kier molecular flexibility index (Phi) is 3.01. The molecule has 82 valence electrons. The van der Waals surface area contributed by atoms with Crippen molar-refractivity contribution in [3.05, 3.63) is 18.0 Å². The normalized spacial score (nSPS) is 22.3. The van der Waals surface area contributed by atoms with Crippen LogP contribution in [0.15, 0.2) is 12.4 Å². The SMILES string of the molecule is NC(=O)c1cnn(C2CCCNCC2)c1. The zero-order valence-electron chi connectivity index (χ0n) is 8.65. The molecule has 1 saturated heterocycles. The van der Waals surface area contributed by atoms with Crippen LogP contribution in [0, 0.1) is 0 Å². The van der Waals surface area contributed by atoms with Crippen LogP contribution < -0.4 is 11.1 Å². The quantitative estimate of drug-likeness (QED) is 0.734. The second kappa shape index (κ2) is 4.44. The number of rotatable bonds is 2. The molecule has 2 rings (SSSR count). The number of nitrogens with two attached hydrogens (primary N) is 1. The summed E-state index contributed by atoms with van der Waals surface area (Å²) < 4.78 is 1.87. The highest BCUT2D eigenvalue weighted by molar-refractivity contribution is 5.92. The van der Waals surface area contributed by atoms with Gasteiger partial charge in [0.05, 0.1) is 17.8 Å². The highest BCUT2D eigenvalue weighted by Gasteiger charge is 2.15. The molecule has 3 N–H and O–H groups in total. The van der Waals surface area contributed by atoms with Crippen LogP contribution >= 0.6 is 0 Å². The van der Waals surface area contributed by atoms with Gasteiger partial charge in [0, 0.05) is 6.20 Å². The molecule has 0 aromatic carbocycles. The first kappa shape index (κ1) is 10.2. The minimum absolute atomic E-state index is 0.396. The Hall–Kier alpha value is -1.36. The lowest BCUT2D eigenvalue weighted by Gasteiger charge is -2.13. The van der Waals surface area contributed by atoms with Crippen molar-refractivity contribution in [3.63, 3.8) is 0 Å². The summed E-state index contributed by atoms with van der Waals surface area (Å²) in [6.07, 6.45) is 6.60. The number of hydrogen-bond donors (Lipinski definition) is 2. The third kappa shape index (κ3) is 2.36. The third-order valence-electron chi connectivity index (χ3n) is 2.81. The Morgan fingerprint density at radius 1 is 1.53 bits per heavy atom. The molecule has 1 unspecified atom stereocenters. The van der Waals surface area contributed by atoms with Crippen molar-refractivity contribution in [3.8, 4) is 0 Å². The lowest BCUT2D eigenvalue weighted by molar-refractivity contribution is 0.1000. The minimum atomic E-state index is -0.409. The maximum atomic E-state index is 10.9. The average molecular weight is 208 g/mol. The predicted molar refractivity (Wildman–Crippen MR) is 56.5 cm³/mol. The Labute approximate surface area is 88.6 Å². The fourth-order valence-electron chi connectivity index (χ4n) is 1.93. The second-order valence-corrected chi connectivity index (χ2v) is 3.91. The summed E-state index contributed by atoms with van der Waals surface area (Å²) >= 11 is 0. The summed E-state index contributed by atoms with van der Waals surface area (Å²) in [5.74, 6) is -0.409. The van der Waals surface area contributed by atoms with Crippen molar-refractivity contribution in [2.75, 3.05) is 13.1 Å². The van der Waals surface area contributed by atoms with Gasteiger partial charge in [0.1, 0.15) is 0 Å². The van der Waals surface area contributed by atoms with Crippen molar-refractivity contribution in [1.29, 1.82) is 0 Å². The first-order valence-electron chi connectivity index (χ1n) is 5.32. The van der Waals surface area contributed by atoms with Crippen LogP contribution in [-0.4, -0.2) is 28.8 Å². The number of hydrogen-bond acceptors (Lipinski definition) is 3. The van der Waals surface area contributed by atoms with Crippen LogP contribution in [0.4, 0.5) is 0 Å². The summed E-state index contributed by atoms with van der Waals surface area (Å²) in [6.45, 7) is 2.08. The number of primary amides is 1. The van der Waals surface area contributed by atoms with Gasteiger partial charge in [0.15, 0.2) is 0 Å². The van der Waals surface area contributed by atoms with Crippen LogP contribution in [0.25, 0.3) is 0 Å². The summed E-state index contributed by atoms with van der Waals surface area (Å²) in [7, 11) is 0. The van der Waals surface area contributed by atoms with Crippen LogP contribution in [0.1, 0.15) is 35.7 Å². The number of carbonyl (C=O) groups excluding carboxylic acids is 1. The number of nitrogens with one attached hydrogen (secondary N) is 1. The predicted octanol–water partition coefficient (Wildman–Crippen LogP) is 0.297. The smallest absolute Gasteiger partial charge is 0.251 e. The largest absolute Gasteiger partial charge is 0.366 e. The lowest BCUT2D eigenvalue weighted by Crippen LogP contribution is -2.15. The van der Waals surface area contributed by atoms with Gasteiger partial charge < -0.3 is 11.1 Å². The molecule has 5 heteroatoms. The van der Waals surface area contributed by atoms with Gasteiger partial charge in [0.2, 0.25) is 0 Å². The number of aromatic nitrogens is 2. The fraction of sp³-hybridized carbons (Fsp3) is 0.600. The van der Waals surface area contributed by atoms with E-state index in [2.05, 4.69) is 10.4 Å². The van der Waals surface area contributed by atoms with Gasteiger partial charge in [0.25, 0.3) is 5.91 Å². The molecule has 1 atom stereocenters. The zero-order valence-corrected chi connectivity index (χ0v) is 8.65. The second-order valence-electron chi connectivity index (χ2n) is 3.91. The average Bonchev–Trinajstić information content (AvgIpc) is 2.55. The van der Waals surface area contributed by atoms with E-state index in [0.717, 1.165) is 32.4 Å². The molecule has 1 aliphatic rings. The number of carbonyl (C=O) groups is 1. The van der Waals surface area contributed by atoms with Crippen molar-refractivity contribution in [2.45, 2.75) is 25.3 Å². The van der Waals surface area contributed by atoms with Crippen LogP contribution in [-0.2, 0) is 0 Å². The topological polar surface area (TPSA) is 72.9 Å². The van der Waals surface area contributed by atoms with E-state index in [4.69, 9.17) is 5.73 Å². The molecule has 1 aromatic rings. The number of nitrogens with zero attached hydrogens (tertiary/aromatic N) is 2. The lowest BCUT2D eigenvalue weighted by atomic mass is 10.1. The van der Waals surface area contributed by atoms with Gasteiger partial charge in [-0.3, -0.25) is 9.48 Å². The van der Waals surface area contributed by atoms with Gasteiger partial charge in [-0.05, 0) is 32.4 Å². The van der Waals surface area contributed by atoms with E-state index in [9.17, 15) is 4.79 Å². The molecule has 0 spiro atoms. The molecule has 1 amide bonds. The minimum Gasteiger partial charge on any atom is -0.366 e. The van der Waals surface area contributed by atoms with Crippen molar-refractivity contribution in [1.82, 2.24) is 15.1 Å². The molecule has 1 aliphatic heterocycles. The number of amides is 1. The monoisotopic (exact) mass is 208 g/mol. The maximum absolute atomic E-state index is 10.9. The molecule has 2 heterocycles. The Morgan fingerprint density at radius 3 is 3.13 bits per heavy atom. The first-order valence-corrected chi connectivity index (χ1v) is 5.32. The Bertz CT molecular complexity index is 339.